The molecule has 0 amide bonds. The molecule has 31 nitrogen and oxygen atoms in total. The van der Waals surface area contributed by atoms with E-state index in [-0.39, 0.29) is 11.1 Å². The van der Waals surface area contributed by atoms with Crippen LogP contribution in [0.2, 0.25) is 0 Å². The van der Waals surface area contributed by atoms with Crippen molar-refractivity contribution in [2.75, 3.05) is 6.61 Å². The molecule has 12 rings (SSSR count). The van der Waals surface area contributed by atoms with E-state index < -0.39 is 262 Å². The van der Waals surface area contributed by atoms with Gasteiger partial charge in [0.2, 0.25) is 28.6 Å². The summed E-state index contributed by atoms with van der Waals surface area (Å²) in [5.41, 5.74) is -13.4. The van der Waals surface area contributed by atoms with E-state index in [0.717, 1.165) is 18.2 Å². The second-order valence-corrected chi connectivity index (χ2v) is 20.3. The summed E-state index contributed by atoms with van der Waals surface area (Å²) in [4.78, 5) is 90.2. The van der Waals surface area contributed by atoms with Crippen molar-refractivity contribution in [1.29, 1.82) is 0 Å². The van der Waals surface area contributed by atoms with Crippen LogP contribution >= 0.6 is 0 Å². The SMILES string of the molecule is O=C(O[C@H]1COC(=O)c2cc(O)c(O)c(O)c2-c2c(cc(O)c(O)c2O)C(=O)O[C@H]1[C@@H]1OC(=O)c2cc(O)c(O)c(O)c2C2=C(O)C(=O)[C@@]34Oc5cc(O)c6c(c5[C@@H]3[C@@H]1OC(=O)[C@@H]24)O[C@@H](c1cc(O)c(O)c(O)c1)[C@H](O)C6)c1cc(O)c(O)c(O)c1. The molecule has 0 unspecified atom stereocenters. The van der Waals surface area contributed by atoms with E-state index >= 15 is 19.2 Å². The topological polar surface area (TPSA) is 531 Å². The van der Waals surface area contributed by atoms with E-state index in [1.807, 2.05) is 0 Å². The van der Waals surface area contributed by atoms with Crippen LogP contribution in [-0.2, 0) is 39.7 Å². The van der Waals surface area contributed by atoms with E-state index in [1.165, 1.54) is 0 Å². The first-order chi connectivity index (χ1) is 40.6. The first kappa shape index (κ1) is 54.8. The lowest BCUT2D eigenvalue weighted by Crippen LogP contribution is -2.65. The van der Waals surface area contributed by atoms with Gasteiger partial charge >= 0.3 is 29.8 Å². The molecular formula is C55H38O31. The van der Waals surface area contributed by atoms with Crippen molar-refractivity contribution in [2.45, 2.75) is 54.6 Å². The van der Waals surface area contributed by atoms with Gasteiger partial charge in [-0.25, -0.2) is 19.2 Å². The highest BCUT2D eigenvalue weighted by Crippen LogP contribution is 2.67. The van der Waals surface area contributed by atoms with Gasteiger partial charge in [0.1, 0.15) is 29.8 Å². The maximum Gasteiger partial charge on any atom is 0.339 e. The van der Waals surface area contributed by atoms with Crippen molar-refractivity contribution in [3.05, 3.63) is 98.8 Å². The molecule has 1 saturated heterocycles. The molecule has 6 aromatic rings. The Bertz CT molecular complexity index is 4130. The molecule has 0 radical (unpaired) electrons. The number of cyclic esters (lactones) is 3. The number of phenolic OH excluding ortho intramolecular Hbond substituents is 16. The highest BCUT2D eigenvalue weighted by molar-refractivity contribution is 6.21. The largest absolute Gasteiger partial charge is 0.507 e. The van der Waals surface area contributed by atoms with Crippen LogP contribution in [0.5, 0.6) is 103 Å². The Morgan fingerprint density at radius 2 is 1.00 bits per heavy atom. The van der Waals surface area contributed by atoms with Crippen LogP contribution in [0.15, 0.2) is 54.3 Å². The molecule has 1 aliphatic carbocycles. The minimum Gasteiger partial charge on any atom is -0.507 e. The number of fused-ring (bicyclic) bond motifs is 8. The third kappa shape index (κ3) is 7.56. The average molecular weight is 1190 g/mol. The molecule has 1 fully saturated rings. The van der Waals surface area contributed by atoms with Gasteiger partial charge in [0, 0.05) is 51.4 Å². The standard InChI is InChI=1S/C55H38O31/c56-17-9-26-31(45-13(17)5-25(64)44(82-45)11-1-18(57)35(65)19(58)2-11)33-47-48(85-53(78)16-8-24(63)39(69)42(72)30(16)32-34(54(79)84-47)55(33,86-26)49(74)43(32)73)46-27(81-50(75)12-3-20(59)36(66)21(60)4-12)10-80-51(76)14-6-22(61)37(67)40(70)28(14)29-15(52(77)83-46)7-23(62)38(68)41(29)71/h1-4,6-9,25,27,33-34,44,46-48,56-73H,5,10H2/t25-,27+,33-,34-,44+,46-,47+,48+,55-/m1/s1. The van der Waals surface area contributed by atoms with Crippen LogP contribution in [0.4, 0.5) is 0 Å². The first-order valence-electron chi connectivity index (χ1n) is 24.8. The van der Waals surface area contributed by atoms with Crippen LogP contribution < -0.4 is 9.47 Å². The van der Waals surface area contributed by atoms with Crippen molar-refractivity contribution in [3.63, 3.8) is 0 Å². The molecule has 0 saturated carbocycles. The zero-order valence-electron chi connectivity index (χ0n) is 42.5. The minimum atomic E-state index is -3.13. The van der Waals surface area contributed by atoms with Gasteiger partial charge in [-0.15, -0.1) is 0 Å². The molecule has 6 aromatic carbocycles. The van der Waals surface area contributed by atoms with Crippen molar-refractivity contribution in [3.8, 4) is 115 Å². The number of carbonyl (C=O) groups excluding carboxylic acids is 6. The van der Waals surface area contributed by atoms with Crippen LogP contribution in [-0.4, -0.2) is 170 Å². The van der Waals surface area contributed by atoms with Crippen LogP contribution in [0.1, 0.15) is 75.7 Å². The summed E-state index contributed by atoms with van der Waals surface area (Å²) in [7, 11) is 0. The maximum atomic E-state index is 15.5. The molecule has 1 spiro atoms. The predicted octanol–water partition coefficient (Wildman–Crippen LogP) is 2.15. The molecule has 6 aliphatic rings. The number of aliphatic hydroxyl groups is 2. The Balaban J connectivity index is 1.15. The highest BCUT2D eigenvalue weighted by atomic mass is 16.6. The van der Waals surface area contributed by atoms with Crippen molar-refractivity contribution in [1.82, 2.24) is 0 Å². The number of rotatable bonds is 4. The van der Waals surface area contributed by atoms with E-state index in [0.29, 0.717) is 30.3 Å². The third-order valence-corrected chi connectivity index (χ3v) is 15.6. The average Bonchev–Trinajstić information content (AvgIpc) is 1.50. The van der Waals surface area contributed by atoms with Gasteiger partial charge in [-0.3, -0.25) is 9.59 Å². The van der Waals surface area contributed by atoms with Crippen molar-refractivity contribution in [2.24, 2.45) is 5.92 Å². The Hall–Kier alpha value is -11.8. The summed E-state index contributed by atoms with van der Waals surface area (Å²) in [5, 5.41) is 197. The lowest BCUT2D eigenvalue weighted by Gasteiger charge is -2.47. The number of phenols is 16. The fraction of sp³-hybridized carbons (Fsp3) is 0.200. The molecule has 18 N–H and O–H groups in total. The maximum absolute atomic E-state index is 15.5. The van der Waals surface area contributed by atoms with E-state index in [1.54, 1.807) is 0 Å². The summed E-state index contributed by atoms with van der Waals surface area (Å²) in [6.07, 6.45) is -15.4. The first-order valence-corrected chi connectivity index (χ1v) is 24.8. The smallest absolute Gasteiger partial charge is 0.339 e. The number of benzene rings is 6. The fourth-order valence-electron chi connectivity index (χ4n) is 11.8. The lowest BCUT2D eigenvalue weighted by molar-refractivity contribution is -0.200. The number of aliphatic hydroxyl groups excluding tert-OH is 2. The van der Waals surface area contributed by atoms with E-state index in [4.69, 9.17) is 33.2 Å². The number of aromatic hydroxyl groups is 16. The van der Waals surface area contributed by atoms with Crippen LogP contribution in [0.3, 0.4) is 0 Å². The molecule has 0 aromatic heterocycles. The predicted molar refractivity (Wildman–Crippen MR) is 269 cm³/mol. The molecule has 5 aliphatic heterocycles. The molecule has 9 atom stereocenters. The Labute approximate surface area is 474 Å². The zero-order chi connectivity index (χ0) is 61.9. The van der Waals surface area contributed by atoms with Gasteiger partial charge in [0.05, 0.1) is 34.3 Å². The third-order valence-electron chi connectivity index (χ3n) is 15.6. The minimum absolute atomic E-state index is 0.286. The van der Waals surface area contributed by atoms with E-state index in [9.17, 15) is 102 Å². The fourth-order valence-corrected chi connectivity index (χ4v) is 11.8. The number of hydrogen-bond acceptors (Lipinski definition) is 31. The van der Waals surface area contributed by atoms with Crippen molar-refractivity contribution < 1.29 is 154 Å². The van der Waals surface area contributed by atoms with Gasteiger partial charge in [-0.2, -0.15) is 0 Å². The Kier molecular flexibility index (Phi) is 11.9. The van der Waals surface area contributed by atoms with Gasteiger partial charge in [0.25, 0.3) is 0 Å². The molecule has 31 heteroatoms. The molecule has 444 valence electrons. The summed E-state index contributed by atoms with van der Waals surface area (Å²) >= 11 is 0. The Morgan fingerprint density at radius 3 is 1.56 bits per heavy atom. The summed E-state index contributed by atoms with van der Waals surface area (Å²) in [6, 6.07) is 4.62. The van der Waals surface area contributed by atoms with E-state index in [2.05, 4.69) is 0 Å². The number of Topliss-reactive ketones (excluding diaryl/α,β-unsaturated/α-hetero) is 1. The van der Waals surface area contributed by atoms with Gasteiger partial charge in [-0.05, 0) is 42.5 Å². The molecule has 5 heterocycles. The number of carbonyl (C=O) groups is 6. The van der Waals surface area contributed by atoms with Crippen molar-refractivity contribution >= 4 is 41.2 Å². The lowest BCUT2D eigenvalue weighted by atomic mass is 9.66. The second kappa shape index (κ2) is 18.6. The molecular weight excluding hydrogens is 1160 g/mol. The second-order valence-electron chi connectivity index (χ2n) is 20.3. The summed E-state index contributed by atoms with van der Waals surface area (Å²) < 4.78 is 42.3. The number of ketones is 1. The molecule has 4 bridgehead atoms. The summed E-state index contributed by atoms with van der Waals surface area (Å²) in [5.74, 6) is -38.7. The van der Waals surface area contributed by atoms with Gasteiger partial charge < -0.3 is 125 Å². The summed E-state index contributed by atoms with van der Waals surface area (Å²) in [6.45, 7) is -1.59. The Morgan fingerprint density at radius 1 is 0.512 bits per heavy atom. The number of esters is 5. The monoisotopic (exact) mass is 1190 g/mol. The normalized spacial score (nSPS) is 24.4. The van der Waals surface area contributed by atoms with Crippen LogP contribution in [0.25, 0.3) is 16.7 Å². The molecule has 86 heavy (non-hydrogen) atoms. The highest BCUT2D eigenvalue weighted by Gasteiger charge is 2.76. The zero-order valence-corrected chi connectivity index (χ0v) is 42.5. The van der Waals surface area contributed by atoms with Gasteiger partial charge in [0.15, 0.2) is 105 Å². The quantitative estimate of drug-likeness (QED) is 0.0683. The number of ether oxygens (including phenoxy) is 7. The number of hydrogen-bond donors (Lipinski definition) is 18. The van der Waals surface area contributed by atoms with Crippen LogP contribution in [0, 0.1) is 5.92 Å². The van der Waals surface area contributed by atoms with Gasteiger partial charge in [-0.1, -0.05) is 0 Å².